The molecule has 0 spiro atoms. The molecule has 1 N–H and O–H groups in total. The molecule has 208 valence electrons. The predicted octanol–water partition coefficient (Wildman–Crippen LogP) is 4.66. The van der Waals surface area contributed by atoms with Crippen molar-refractivity contribution in [3.63, 3.8) is 0 Å². The van der Waals surface area contributed by atoms with Crippen LogP contribution in [0.5, 0.6) is 6.01 Å². The lowest BCUT2D eigenvalue weighted by molar-refractivity contribution is 0.0504. The van der Waals surface area contributed by atoms with Gasteiger partial charge in [0.2, 0.25) is 0 Å². The first-order chi connectivity index (χ1) is 18.0. The fourth-order valence-electron chi connectivity index (χ4n) is 5.88. The average Bonchev–Trinajstić information content (AvgIpc) is 3.25. The summed E-state index contributed by atoms with van der Waals surface area (Å²) >= 11 is 6.00. The predicted molar refractivity (Wildman–Crippen MR) is 140 cm³/mol. The number of halogens is 3. The molecule has 3 aliphatic heterocycles. The molecule has 0 saturated carbocycles. The van der Waals surface area contributed by atoms with Gasteiger partial charge in [-0.3, -0.25) is 4.90 Å². The Morgan fingerprint density at radius 2 is 2.05 bits per heavy atom. The largest absolute Gasteiger partial charge is 0.461 e. The molecule has 3 aliphatic rings. The second kappa shape index (κ2) is 10.6. The Morgan fingerprint density at radius 3 is 2.84 bits per heavy atom. The molecule has 9 nitrogen and oxygen atoms in total. The Bertz CT molecular complexity index is 1200. The van der Waals surface area contributed by atoms with Gasteiger partial charge in [0.15, 0.2) is 11.0 Å². The van der Waals surface area contributed by atoms with Gasteiger partial charge in [-0.2, -0.15) is 9.97 Å². The lowest BCUT2D eigenvalue weighted by Gasteiger charge is -2.31. The highest BCUT2D eigenvalue weighted by atomic mass is 35.5. The number of hydrogen-bond acceptors (Lipinski definition) is 8. The maximum atomic E-state index is 15.1. The van der Waals surface area contributed by atoms with Crippen LogP contribution in [0.25, 0.3) is 10.9 Å². The van der Waals surface area contributed by atoms with Gasteiger partial charge in [0.1, 0.15) is 29.7 Å². The number of carbonyl (C=O) groups is 1. The third kappa shape index (κ3) is 5.73. The number of fused-ring (bicyclic) bond motifs is 2. The third-order valence-corrected chi connectivity index (χ3v) is 7.79. The van der Waals surface area contributed by atoms with Crippen LogP contribution in [0.2, 0.25) is 5.15 Å². The number of aromatic nitrogens is 3. The summed E-state index contributed by atoms with van der Waals surface area (Å²) in [5.74, 6) is -0.289. The minimum absolute atomic E-state index is 0.0121. The summed E-state index contributed by atoms with van der Waals surface area (Å²) in [5.41, 5.74) is -0.985. The second-order valence-corrected chi connectivity index (χ2v) is 12.0. The van der Waals surface area contributed by atoms with Crippen LogP contribution in [0.4, 0.5) is 19.4 Å². The van der Waals surface area contributed by atoms with Crippen molar-refractivity contribution in [3.05, 3.63) is 17.2 Å². The van der Waals surface area contributed by atoms with Crippen molar-refractivity contribution in [3.8, 4) is 6.01 Å². The van der Waals surface area contributed by atoms with Gasteiger partial charge in [0.05, 0.1) is 10.9 Å². The summed E-state index contributed by atoms with van der Waals surface area (Å²) in [7, 11) is 0. The van der Waals surface area contributed by atoms with Crippen molar-refractivity contribution >= 4 is 34.4 Å². The molecule has 0 bridgehead atoms. The van der Waals surface area contributed by atoms with Crippen LogP contribution in [0.15, 0.2) is 6.20 Å². The van der Waals surface area contributed by atoms with Crippen molar-refractivity contribution in [1.82, 2.24) is 25.2 Å². The van der Waals surface area contributed by atoms with Crippen molar-refractivity contribution in [2.45, 2.75) is 82.6 Å². The second-order valence-electron chi connectivity index (χ2n) is 11.6. The summed E-state index contributed by atoms with van der Waals surface area (Å²) in [6.07, 6.45) is 4.83. The Morgan fingerprint density at radius 1 is 1.24 bits per heavy atom. The molecule has 38 heavy (non-hydrogen) atoms. The van der Waals surface area contributed by atoms with Crippen molar-refractivity contribution in [1.29, 1.82) is 0 Å². The van der Waals surface area contributed by atoms with Gasteiger partial charge >= 0.3 is 12.1 Å². The number of rotatable bonds is 5. The quantitative estimate of drug-likeness (QED) is 0.536. The number of alkyl carbamates (subject to hydrolysis) is 1. The number of anilines is 1. The molecule has 5 rings (SSSR count). The normalized spacial score (nSPS) is 26.3. The monoisotopic (exact) mass is 552 g/mol. The SMILES string of the molecule is CC(C)(C)OC(=O)N[C@@H]1CCCCN(c2nc(OC[C@@]34CCCN3C[C@H](F)C4)nc3c(F)c(Cl)ncc23)C1. The topological polar surface area (TPSA) is 92.7 Å². The van der Waals surface area contributed by atoms with Gasteiger partial charge < -0.3 is 19.7 Å². The number of pyridine rings is 1. The minimum Gasteiger partial charge on any atom is -0.461 e. The van der Waals surface area contributed by atoms with Crippen LogP contribution in [0.1, 0.15) is 59.3 Å². The summed E-state index contributed by atoms with van der Waals surface area (Å²) in [6.45, 7) is 8.00. The molecule has 12 heteroatoms. The number of nitrogens with zero attached hydrogens (tertiary/aromatic N) is 5. The molecule has 5 heterocycles. The van der Waals surface area contributed by atoms with Gasteiger partial charge in [0, 0.05) is 38.3 Å². The first-order valence-corrected chi connectivity index (χ1v) is 13.7. The first kappa shape index (κ1) is 27.1. The molecule has 0 aromatic carbocycles. The van der Waals surface area contributed by atoms with Crippen molar-refractivity contribution in [2.75, 3.05) is 37.7 Å². The summed E-state index contributed by atoms with van der Waals surface area (Å²) in [4.78, 5) is 29.6. The number of ether oxygens (including phenoxy) is 2. The molecule has 3 atom stereocenters. The van der Waals surface area contributed by atoms with Crippen molar-refractivity contribution < 1.29 is 23.0 Å². The van der Waals surface area contributed by atoms with Gasteiger partial charge in [-0.1, -0.05) is 11.6 Å². The zero-order chi connectivity index (χ0) is 27.1. The molecule has 0 unspecified atom stereocenters. The molecule has 0 aliphatic carbocycles. The van der Waals surface area contributed by atoms with Crippen LogP contribution >= 0.6 is 11.6 Å². The number of alkyl halides is 1. The maximum Gasteiger partial charge on any atom is 0.407 e. The van der Waals surface area contributed by atoms with Crippen LogP contribution < -0.4 is 15.0 Å². The Hall–Kier alpha value is -2.53. The van der Waals surface area contributed by atoms with Gasteiger partial charge in [0.25, 0.3) is 0 Å². The van der Waals surface area contributed by atoms with Crippen LogP contribution in [-0.4, -0.2) is 82.1 Å². The fraction of sp³-hybridized carbons (Fsp3) is 0.692. The Kier molecular flexibility index (Phi) is 7.52. The number of carbonyl (C=O) groups excluding carboxylic acids is 1. The van der Waals surface area contributed by atoms with E-state index in [1.54, 1.807) is 0 Å². The van der Waals surface area contributed by atoms with Crippen LogP contribution in [0.3, 0.4) is 0 Å². The highest BCUT2D eigenvalue weighted by Gasteiger charge is 2.49. The molecule has 2 aromatic heterocycles. The number of hydrogen-bond donors (Lipinski definition) is 1. The van der Waals surface area contributed by atoms with E-state index in [9.17, 15) is 9.18 Å². The molecule has 3 fully saturated rings. The molecule has 1 amide bonds. The smallest absolute Gasteiger partial charge is 0.407 e. The Labute approximate surface area is 226 Å². The van der Waals surface area contributed by atoms with E-state index < -0.39 is 29.2 Å². The standard InChI is InChI=1S/C26H35ClF2N6O3/c1-25(2,3)38-24(36)31-17-7-4-5-9-34(14-17)22-18-12-30-21(27)19(29)20(18)32-23(33-22)37-15-26-8-6-10-35(26)13-16(28)11-26/h12,16-17H,4-11,13-15H2,1-3H3,(H,31,36)/t16-,17-,26+/m1/s1. The molecular weight excluding hydrogens is 518 g/mol. The van der Waals surface area contributed by atoms with E-state index in [0.717, 1.165) is 38.6 Å². The maximum absolute atomic E-state index is 15.1. The molecule has 0 radical (unpaired) electrons. The number of nitrogens with one attached hydrogen (secondary N) is 1. The van der Waals surface area contributed by atoms with Crippen LogP contribution in [0, 0.1) is 5.82 Å². The summed E-state index contributed by atoms with van der Waals surface area (Å²) in [6, 6.07) is -0.184. The number of amides is 1. The lowest BCUT2D eigenvalue weighted by Crippen LogP contribution is -2.45. The molecular formula is C26H35ClF2N6O3. The van der Waals surface area contributed by atoms with E-state index in [-0.39, 0.29) is 29.3 Å². The van der Waals surface area contributed by atoms with Gasteiger partial charge in [-0.05, 0) is 59.4 Å². The average molecular weight is 553 g/mol. The fourth-order valence-corrected chi connectivity index (χ4v) is 6.02. The van der Waals surface area contributed by atoms with E-state index in [1.165, 1.54) is 6.20 Å². The van der Waals surface area contributed by atoms with Crippen LogP contribution in [-0.2, 0) is 4.74 Å². The zero-order valence-electron chi connectivity index (χ0n) is 22.1. The van der Waals surface area contributed by atoms with E-state index >= 15 is 4.39 Å². The molecule has 3 saturated heterocycles. The zero-order valence-corrected chi connectivity index (χ0v) is 22.9. The third-order valence-electron chi connectivity index (χ3n) is 7.52. The highest BCUT2D eigenvalue weighted by Crippen LogP contribution is 2.40. The lowest BCUT2D eigenvalue weighted by atomic mass is 9.95. The van der Waals surface area contributed by atoms with Crippen molar-refractivity contribution in [2.24, 2.45) is 0 Å². The van der Waals surface area contributed by atoms with E-state index in [0.29, 0.717) is 37.3 Å². The van der Waals surface area contributed by atoms with E-state index in [1.807, 2.05) is 25.7 Å². The highest BCUT2D eigenvalue weighted by molar-refractivity contribution is 6.30. The first-order valence-electron chi connectivity index (χ1n) is 13.3. The van der Waals surface area contributed by atoms with Gasteiger partial charge in [-0.25, -0.2) is 18.6 Å². The van der Waals surface area contributed by atoms with E-state index in [4.69, 9.17) is 21.1 Å². The van der Waals surface area contributed by atoms with E-state index in [2.05, 4.69) is 25.2 Å². The summed E-state index contributed by atoms with van der Waals surface area (Å²) < 4.78 is 40.9. The molecule has 2 aromatic rings. The Balaban J connectivity index is 1.43. The minimum atomic E-state index is -0.888. The van der Waals surface area contributed by atoms with Gasteiger partial charge in [-0.15, -0.1) is 0 Å². The summed E-state index contributed by atoms with van der Waals surface area (Å²) in [5, 5.41) is 3.08.